The Morgan fingerprint density at radius 1 is 1.58 bits per heavy atom. The zero-order valence-corrected chi connectivity index (χ0v) is 10.4. The van der Waals surface area contributed by atoms with Crippen LogP contribution in [0.5, 0.6) is 0 Å². The molecule has 0 heterocycles. The maximum absolute atomic E-state index is 11.1. The fraction of sp³-hybridized carbons (Fsp3) is 0.333. The summed E-state index contributed by atoms with van der Waals surface area (Å²) in [7, 11) is 0. The highest BCUT2D eigenvalue weighted by atomic mass is 16.6. The molecular weight excluding hydrogens is 250 g/mol. The molecule has 0 unspecified atom stereocenters. The Hall–Kier alpha value is -2.62. The highest BCUT2D eigenvalue weighted by Crippen LogP contribution is 2.21. The van der Waals surface area contributed by atoms with E-state index in [0.717, 1.165) is 0 Å². The summed E-state index contributed by atoms with van der Waals surface area (Å²) in [6.45, 7) is 2.33. The number of benzene rings is 1. The van der Waals surface area contributed by atoms with Crippen LogP contribution in [0.2, 0.25) is 0 Å². The molecule has 1 aromatic rings. The number of hydrogen-bond donors (Lipinski definition) is 1. The van der Waals surface area contributed by atoms with Crippen molar-refractivity contribution in [2.45, 2.75) is 13.3 Å². The van der Waals surface area contributed by atoms with Crippen molar-refractivity contribution in [2.24, 2.45) is 0 Å². The van der Waals surface area contributed by atoms with Crippen LogP contribution in [0.1, 0.15) is 18.9 Å². The lowest BCUT2D eigenvalue weighted by atomic mass is 10.1. The van der Waals surface area contributed by atoms with E-state index in [-0.39, 0.29) is 23.6 Å². The maximum Gasteiger partial charge on any atom is 0.307 e. The van der Waals surface area contributed by atoms with E-state index in [2.05, 4.69) is 5.32 Å². The van der Waals surface area contributed by atoms with Crippen LogP contribution in [0.25, 0.3) is 0 Å². The largest absolute Gasteiger partial charge is 0.466 e. The predicted molar refractivity (Wildman–Crippen MR) is 67.6 cm³/mol. The average Bonchev–Trinajstić information content (AvgIpc) is 2.39. The first kappa shape index (κ1) is 14.4. The Labute approximate surface area is 109 Å². The van der Waals surface area contributed by atoms with E-state index in [1.54, 1.807) is 6.92 Å². The van der Waals surface area contributed by atoms with Gasteiger partial charge in [-0.05, 0) is 13.0 Å². The van der Waals surface area contributed by atoms with Crippen molar-refractivity contribution in [3.63, 3.8) is 0 Å². The fourth-order valence-corrected chi connectivity index (χ4v) is 1.42. The summed E-state index contributed by atoms with van der Waals surface area (Å²) in [5.41, 5.74) is 0.475. The van der Waals surface area contributed by atoms with Gasteiger partial charge in [0.15, 0.2) is 0 Å². The molecule has 0 saturated carbocycles. The molecule has 0 bridgehead atoms. The number of esters is 1. The van der Waals surface area contributed by atoms with Crippen LogP contribution in [-0.2, 0) is 9.53 Å². The molecule has 19 heavy (non-hydrogen) atoms. The summed E-state index contributed by atoms with van der Waals surface area (Å²) >= 11 is 0. The standard InChI is InChI=1S/C12H13N3O4/c1-2-19-12(16)5-6-14-11-4-3-10(15(17)18)7-9(11)8-13/h3-4,7,14H,2,5-6H2,1H3. The van der Waals surface area contributed by atoms with Crippen molar-refractivity contribution >= 4 is 17.3 Å². The highest BCUT2D eigenvalue weighted by Gasteiger charge is 2.10. The van der Waals surface area contributed by atoms with E-state index in [0.29, 0.717) is 18.8 Å². The number of nitrogens with one attached hydrogen (secondary N) is 1. The van der Waals surface area contributed by atoms with Crippen LogP contribution in [0.4, 0.5) is 11.4 Å². The van der Waals surface area contributed by atoms with Gasteiger partial charge in [-0.3, -0.25) is 14.9 Å². The number of non-ortho nitro benzene ring substituents is 1. The maximum atomic E-state index is 11.1. The Morgan fingerprint density at radius 3 is 2.89 bits per heavy atom. The molecule has 0 aliphatic carbocycles. The third-order valence-electron chi connectivity index (χ3n) is 2.28. The summed E-state index contributed by atoms with van der Waals surface area (Å²) < 4.78 is 4.75. The van der Waals surface area contributed by atoms with Crippen LogP contribution in [0, 0.1) is 21.4 Å². The van der Waals surface area contributed by atoms with Gasteiger partial charge in [0.05, 0.1) is 29.2 Å². The number of nitrogens with zero attached hydrogens (tertiary/aromatic N) is 2. The third kappa shape index (κ3) is 4.27. The smallest absolute Gasteiger partial charge is 0.307 e. The molecule has 0 amide bonds. The van der Waals surface area contributed by atoms with Gasteiger partial charge >= 0.3 is 5.97 Å². The van der Waals surface area contributed by atoms with Gasteiger partial charge in [-0.1, -0.05) is 0 Å². The number of anilines is 1. The quantitative estimate of drug-likeness (QED) is 0.477. The Kier molecular flexibility index (Phi) is 5.29. The van der Waals surface area contributed by atoms with Crippen molar-refractivity contribution < 1.29 is 14.5 Å². The molecule has 0 aliphatic heterocycles. The van der Waals surface area contributed by atoms with Crippen molar-refractivity contribution in [3.8, 4) is 6.07 Å². The average molecular weight is 263 g/mol. The molecule has 0 spiro atoms. The van der Waals surface area contributed by atoms with E-state index in [1.807, 2.05) is 6.07 Å². The number of nitro benzene ring substituents is 1. The van der Waals surface area contributed by atoms with Crippen LogP contribution in [-0.4, -0.2) is 24.0 Å². The van der Waals surface area contributed by atoms with E-state index >= 15 is 0 Å². The summed E-state index contributed by atoms with van der Waals surface area (Å²) in [4.78, 5) is 21.1. The molecule has 0 aromatic heterocycles. The molecule has 0 saturated heterocycles. The number of carbonyl (C=O) groups excluding carboxylic acids is 1. The molecule has 1 N–H and O–H groups in total. The highest BCUT2D eigenvalue weighted by molar-refractivity contribution is 5.70. The lowest BCUT2D eigenvalue weighted by molar-refractivity contribution is -0.384. The van der Waals surface area contributed by atoms with Crippen molar-refractivity contribution in [3.05, 3.63) is 33.9 Å². The van der Waals surface area contributed by atoms with Gasteiger partial charge in [0.2, 0.25) is 0 Å². The minimum Gasteiger partial charge on any atom is -0.466 e. The molecule has 0 atom stereocenters. The second kappa shape index (κ2) is 6.96. The lowest BCUT2D eigenvalue weighted by Gasteiger charge is -2.07. The Bertz CT molecular complexity index is 522. The topological polar surface area (TPSA) is 105 Å². The van der Waals surface area contributed by atoms with Crippen LogP contribution >= 0.6 is 0 Å². The zero-order valence-electron chi connectivity index (χ0n) is 10.4. The first-order valence-electron chi connectivity index (χ1n) is 5.66. The number of ether oxygens (including phenoxy) is 1. The zero-order chi connectivity index (χ0) is 14.3. The first-order valence-corrected chi connectivity index (χ1v) is 5.66. The first-order chi connectivity index (χ1) is 9.08. The molecule has 1 rings (SSSR count). The van der Waals surface area contributed by atoms with Gasteiger partial charge in [0.1, 0.15) is 6.07 Å². The molecular formula is C12H13N3O4. The SMILES string of the molecule is CCOC(=O)CCNc1ccc([N+](=O)[O-])cc1C#N. The van der Waals surface area contributed by atoms with Crippen molar-refractivity contribution in [1.29, 1.82) is 5.26 Å². The number of carbonyl (C=O) groups is 1. The number of nitriles is 1. The minimum absolute atomic E-state index is 0.146. The fourth-order valence-electron chi connectivity index (χ4n) is 1.42. The lowest BCUT2D eigenvalue weighted by Crippen LogP contribution is -2.12. The number of rotatable bonds is 6. The Balaban J connectivity index is 2.66. The molecule has 0 aliphatic rings. The van der Waals surface area contributed by atoms with Crippen molar-refractivity contribution in [2.75, 3.05) is 18.5 Å². The van der Waals surface area contributed by atoms with Crippen LogP contribution in [0.3, 0.4) is 0 Å². The van der Waals surface area contributed by atoms with Gasteiger partial charge in [0.25, 0.3) is 5.69 Å². The van der Waals surface area contributed by atoms with Gasteiger partial charge in [-0.15, -0.1) is 0 Å². The molecule has 1 aromatic carbocycles. The molecule has 0 radical (unpaired) electrons. The van der Waals surface area contributed by atoms with E-state index < -0.39 is 4.92 Å². The second-order valence-electron chi connectivity index (χ2n) is 3.58. The Morgan fingerprint density at radius 2 is 2.32 bits per heavy atom. The van der Waals surface area contributed by atoms with E-state index in [1.165, 1.54) is 18.2 Å². The van der Waals surface area contributed by atoms with Gasteiger partial charge in [0, 0.05) is 18.7 Å². The van der Waals surface area contributed by atoms with Crippen LogP contribution in [0.15, 0.2) is 18.2 Å². The van der Waals surface area contributed by atoms with Gasteiger partial charge in [-0.25, -0.2) is 0 Å². The summed E-state index contributed by atoms with van der Waals surface area (Å²) in [6, 6.07) is 5.80. The molecule has 7 heteroatoms. The van der Waals surface area contributed by atoms with Gasteiger partial charge in [-0.2, -0.15) is 5.26 Å². The molecule has 7 nitrogen and oxygen atoms in total. The minimum atomic E-state index is -0.566. The molecule has 100 valence electrons. The van der Waals surface area contributed by atoms with E-state index in [4.69, 9.17) is 10.00 Å². The summed E-state index contributed by atoms with van der Waals surface area (Å²) in [6.07, 6.45) is 0.162. The van der Waals surface area contributed by atoms with Crippen LogP contribution < -0.4 is 5.32 Å². The normalized spacial score (nSPS) is 9.47. The van der Waals surface area contributed by atoms with Crippen molar-refractivity contribution in [1.82, 2.24) is 0 Å². The molecule has 0 fully saturated rings. The summed E-state index contributed by atoms with van der Waals surface area (Å²) in [5, 5.41) is 22.4. The summed E-state index contributed by atoms with van der Waals surface area (Å²) in [5.74, 6) is -0.338. The third-order valence-corrected chi connectivity index (χ3v) is 2.28. The number of nitro groups is 1. The van der Waals surface area contributed by atoms with Gasteiger partial charge < -0.3 is 10.1 Å². The predicted octanol–water partition coefficient (Wildman–Crippen LogP) is 1.83. The second-order valence-corrected chi connectivity index (χ2v) is 3.58. The monoisotopic (exact) mass is 263 g/mol. The van der Waals surface area contributed by atoms with E-state index in [9.17, 15) is 14.9 Å². The number of hydrogen-bond acceptors (Lipinski definition) is 6.